The topological polar surface area (TPSA) is 195 Å². The van der Waals surface area contributed by atoms with Crippen LogP contribution < -0.4 is 10.6 Å². The third kappa shape index (κ3) is 12.3. The molecule has 1 aliphatic heterocycles. The van der Waals surface area contributed by atoms with Crippen LogP contribution in [0.4, 0.5) is 10.5 Å². The van der Waals surface area contributed by atoms with Gasteiger partial charge in [0.15, 0.2) is 5.78 Å². The van der Waals surface area contributed by atoms with Crippen molar-refractivity contribution in [1.29, 1.82) is 0 Å². The minimum absolute atomic E-state index is 0.0707. The number of esters is 2. The van der Waals surface area contributed by atoms with Gasteiger partial charge in [0.1, 0.15) is 6.61 Å². The maximum Gasteiger partial charge on any atom is 0.410 e. The Morgan fingerprint density at radius 3 is 2.18 bits per heavy atom. The van der Waals surface area contributed by atoms with Crippen LogP contribution in [0.15, 0.2) is 24.3 Å². The number of ether oxygens (including phenoxy) is 3. The Morgan fingerprint density at radius 2 is 1.63 bits per heavy atom. The first kappa shape index (κ1) is 41.4. The molecule has 0 radical (unpaired) electrons. The Labute approximate surface area is 303 Å². The van der Waals surface area contributed by atoms with Crippen LogP contribution in [0.1, 0.15) is 78.7 Å². The van der Waals surface area contributed by atoms with E-state index in [9.17, 15) is 38.7 Å². The molecule has 15 heteroatoms. The molecule has 2 fully saturated rings. The van der Waals surface area contributed by atoms with Gasteiger partial charge in [-0.1, -0.05) is 26.0 Å². The lowest BCUT2D eigenvalue weighted by Crippen LogP contribution is -2.46. The molecule has 3 rings (SSSR count). The van der Waals surface area contributed by atoms with Crippen LogP contribution in [0.3, 0.4) is 0 Å². The third-order valence-corrected chi connectivity index (χ3v) is 9.97. The number of aliphatic hydroxyl groups excluding tert-OH is 1. The van der Waals surface area contributed by atoms with E-state index in [0.29, 0.717) is 43.5 Å². The largest absolute Gasteiger partial charge is 0.460 e. The second-order valence-corrected chi connectivity index (χ2v) is 15.5. The summed E-state index contributed by atoms with van der Waals surface area (Å²) in [6.07, 6.45) is 3.01. The minimum atomic E-state index is -1.09. The van der Waals surface area contributed by atoms with Gasteiger partial charge in [0, 0.05) is 25.1 Å². The number of hydrogen-bond donors (Lipinski definition) is 3. The van der Waals surface area contributed by atoms with E-state index < -0.39 is 60.4 Å². The summed E-state index contributed by atoms with van der Waals surface area (Å²) >= 11 is 1.37. The minimum Gasteiger partial charge on any atom is -0.460 e. The highest BCUT2D eigenvalue weighted by Crippen LogP contribution is 2.32. The van der Waals surface area contributed by atoms with Gasteiger partial charge >= 0.3 is 18.0 Å². The first-order chi connectivity index (χ1) is 24.0. The average molecular weight is 734 g/mol. The van der Waals surface area contributed by atoms with Crippen molar-refractivity contribution < 1.29 is 52.9 Å². The zero-order chi connectivity index (χ0) is 37.9. The fourth-order valence-corrected chi connectivity index (χ4v) is 6.46. The molecular formula is C36H51N3O11S. The quantitative estimate of drug-likeness (QED) is 0.126. The third-order valence-electron chi connectivity index (χ3n) is 9.03. The van der Waals surface area contributed by atoms with Gasteiger partial charge in [-0.2, -0.15) is 11.8 Å². The van der Waals surface area contributed by atoms with E-state index in [0.717, 1.165) is 0 Å². The van der Waals surface area contributed by atoms with Gasteiger partial charge in [-0.15, -0.1) is 0 Å². The van der Waals surface area contributed by atoms with Crippen molar-refractivity contribution in [2.75, 3.05) is 31.5 Å². The molecular weight excluding hydrogens is 682 g/mol. The predicted octanol–water partition coefficient (Wildman–Crippen LogP) is 3.83. The van der Waals surface area contributed by atoms with E-state index in [1.807, 2.05) is 6.26 Å². The number of aliphatic hydroxyl groups is 1. The second kappa shape index (κ2) is 19.0. The molecule has 1 aromatic rings. The van der Waals surface area contributed by atoms with Crippen LogP contribution in [0, 0.1) is 29.1 Å². The lowest BCUT2D eigenvalue weighted by molar-refractivity contribution is -0.159. The normalized spacial score (nSPS) is 20.4. The molecule has 282 valence electrons. The molecule has 1 saturated carbocycles. The number of rotatable bonds is 16. The zero-order valence-electron chi connectivity index (χ0n) is 30.2. The summed E-state index contributed by atoms with van der Waals surface area (Å²) < 4.78 is 15.5. The lowest BCUT2D eigenvalue weighted by atomic mass is 9.82. The maximum atomic E-state index is 13.2. The molecule has 2 aliphatic rings. The number of imide groups is 1. The molecule has 0 aromatic heterocycles. The van der Waals surface area contributed by atoms with Gasteiger partial charge in [0.05, 0.1) is 35.1 Å². The summed E-state index contributed by atoms with van der Waals surface area (Å²) in [7, 11) is 0. The summed E-state index contributed by atoms with van der Waals surface area (Å²) in [5.41, 5.74) is 0.500. The summed E-state index contributed by atoms with van der Waals surface area (Å²) in [5, 5.41) is 14.7. The van der Waals surface area contributed by atoms with Crippen LogP contribution in [-0.4, -0.2) is 89.0 Å². The standard InChI is InChI=1S/C36H51N3O11S/c1-21(2)30(27(41)15-25(18-40)31(43)37-26-13-9-23(10-14-26)19-48-34(46)36(3,4)5)38-35(47)50-20-49-33(45)24-11-7-22(8-12-24)17-39-29(42)16-28(51-6)32(39)44/h9-10,13-14,21-22,24-25,28,30,40H,7-8,11-12,15-20H2,1-6H3,(H,37,43)(H,38,47)/t22?,24?,25-,28?,30-/m0/s1. The fraction of sp³-hybridized carbons (Fsp3) is 0.639. The molecule has 4 amide bonds. The molecule has 1 unspecified atom stereocenters. The molecule has 0 spiro atoms. The number of ketones is 1. The highest BCUT2D eigenvalue weighted by Gasteiger charge is 2.40. The van der Waals surface area contributed by atoms with Crippen molar-refractivity contribution in [2.45, 2.75) is 91.0 Å². The number of nitrogens with one attached hydrogen (secondary N) is 2. The second-order valence-electron chi connectivity index (χ2n) is 14.4. The number of amides is 4. The Morgan fingerprint density at radius 1 is 0.980 bits per heavy atom. The van der Waals surface area contributed by atoms with Gasteiger partial charge < -0.3 is 30.0 Å². The van der Waals surface area contributed by atoms with Crippen molar-refractivity contribution in [3.05, 3.63) is 29.8 Å². The maximum absolute atomic E-state index is 13.2. The summed E-state index contributed by atoms with van der Waals surface area (Å²) in [5.74, 6) is -4.04. The summed E-state index contributed by atoms with van der Waals surface area (Å²) in [6.45, 7) is 7.82. The summed E-state index contributed by atoms with van der Waals surface area (Å²) in [4.78, 5) is 89.2. The number of hydrogen-bond acceptors (Lipinski definition) is 12. The van der Waals surface area contributed by atoms with Gasteiger partial charge in [0.25, 0.3) is 0 Å². The Kier molecular flexibility index (Phi) is 15.5. The van der Waals surface area contributed by atoms with Gasteiger partial charge in [-0.3, -0.25) is 33.7 Å². The Bertz CT molecular complexity index is 1420. The molecule has 1 aliphatic carbocycles. The lowest BCUT2D eigenvalue weighted by Gasteiger charge is -2.29. The Balaban J connectivity index is 1.40. The number of likely N-dealkylation sites (tertiary alicyclic amines) is 1. The fourth-order valence-electron chi connectivity index (χ4n) is 5.82. The van der Waals surface area contributed by atoms with Crippen molar-refractivity contribution in [2.24, 2.45) is 29.1 Å². The molecule has 51 heavy (non-hydrogen) atoms. The van der Waals surface area contributed by atoms with Crippen molar-refractivity contribution in [1.82, 2.24) is 10.2 Å². The van der Waals surface area contributed by atoms with E-state index in [1.165, 1.54) is 16.7 Å². The molecule has 1 heterocycles. The predicted molar refractivity (Wildman–Crippen MR) is 188 cm³/mol. The highest BCUT2D eigenvalue weighted by molar-refractivity contribution is 8.00. The number of carbonyl (C=O) groups excluding carboxylic acids is 7. The SMILES string of the molecule is CSC1CC(=O)N(CC2CCC(C(=O)OCOC(=O)N[C@H](C(=O)C[C@@H](CO)C(=O)Nc3ccc(COC(=O)C(C)(C)C)cc3)C(C)C)CC2)C1=O. The van der Waals surface area contributed by atoms with Crippen molar-refractivity contribution in [3.63, 3.8) is 0 Å². The van der Waals surface area contributed by atoms with Crippen LogP contribution in [0.25, 0.3) is 0 Å². The van der Waals surface area contributed by atoms with Crippen LogP contribution in [0.5, 0.6) is 0 Å². The molecule has 3 atom stereocenters. The first-order valence-corrected chi connectivity index (χ1v) is 18.5. The van der Waals surface area contributed by atoms with Crippen molar-refractivity contribution in [3.8, 4) is 0 Å². The number of anilines is 1. The number of nitrogens with zero attached hydrogens (tertiary/aromatic N) is 1. The highest BCUT2D eigenvalue weighted by atomic mass is 32.2. The monoisotopic (exact) mass is 733 g/mol. The van der Waals surface area contributed by atoms with Crippen LogP contribution in [-0.2, 0) is 49.6 Å². The Hall–Kier alpha value is -3.98. The van der Waals surface area contributed by atoms with Gasteiger partial charge in [-0.05, 0) is 82.2 Å². The van der Waals surface area contributed by atoms with Gasteiger partial charge in [-0.25, -0.2) is 4.79 Å². The summed E-state index contributed by atoms with van der Waals surface area (Å²) in [6, 6.07) is 5.55. The van der Waals surface area contributed by atoms with E-state index in [1.54, 1.807) is 58.9 Å². The smallest absolute Gasteiger partial charge is 0.410 e. The van der Waals surface area contributed by atoms with E-state index >= 15 is 0 Å². The first-order valence-electron chi connectivity index (χ1n) is 17.2. The number of carbonyl (C=O) groups is 7. The number of benzene rings is 1. The number of Topliss-reactive ketones (excluding diaryl/α,β-unsaturated/α-hetero) is 1. The average Bonchev–Trinajstić information content (AvgIpc) is 3.36. The molecule has 1 saturated heterocycles. The molecule has 0 bridgehead atoms. The van der Waals surface area contributed by atoms with Crippen LogP contribution in [0.2, 0.25) is 0 Å². The number of alkyl carbamates (subject to hydrolysis) is 1. The van der Waals surface area contributed by atoms with Crippen molar-refractivity contribution >= 4 is 59.0 Å². The van der Waals surface area contributed by atoms with E-state index in [-0.39, 0.29) is 54.3 Å². The number of thioether (sulfide) groups is 1. The van der Waals surface area contributed by atoms with Crippen LogP contribution >= 0.6 is 11.8 Å². The van der Waals surface area contributed by atoms with E-state index in [2.05, 4.69) is 10.6 Å². The molecule has 1 aromatic carbocycles. The van der Waals surface area contributed by atoms with Gasteiger partial charge in [0.2, 0.25) is 24.5 Å². The molecule has 3 N–H and O–H groups in total. The molecule has 14 nitrogen and oxygen atoms in total. The zero-order valence-corrected chi connectivity index (χ0v) is 31.0. The van der Waals surface area contributed by atoms with E-state index in [4.69, 9.17) is 14.2 Å².